The molecule has 0 saturated carbocycles. The number of nitrogens with zero attached hydrogens (tertiary/aromatic N) is 6. The van der Waals surface area contributed by atoms with Crippen molar-refractivity contribution in [1.29, 1.82) is 0 Å². The van der Waals surface area contributed by atoms with Gasteiger partial charge in [0.15, 0.2) is 12.0 Å². The Hall–Kier alpha value is -4.13. The Balaban J connectivity index is 1.20. The number of ether oxygens (including phenoxy) is 1. The molecule has 0 spiro atoms. The number of aromatic nitrogens is 3. The Bertz CT molecular complexity index is 1810. The number of halogens is 4. The summed E-state index contributed by atoms with van der Waals surface area (Å²) in [7, 11) is 2.05. The van der Waals surface area contributed by atoms with Crippen molar-refractivity contribution in [2.45, 2.75) is 50.7 Å². The number of anilines is 1. The molecule has 0 radical (unpaired) electrons. The van der Waals surface area contributed by atoms with Crippen LogP contribution in [0.5, 0.6) is 0 Å². The minimum Gasteiger partial charge on any atom is -0.379 e. The van der Waals surface area contributed by atoms with Gasteiger partial charge in [-0.25, -0.2) is 4.39 Å². The van der Waals surface area contributed by atoms with Crippen LogP contribution in [0.1, 0.15) is 58.5 Å². The lowest BCUT2D eigenvalue weighted by atomic mass is 9.74. The van der Waals surface area contributed by atoms with Crippen LogP contribution >= 0.6 is 0 Å². The number of rotatable bonds is 8. The molecule has 0 N–H and O–H groups in total. The lowest BCUT2D eigenvalue weighted by Gasteiger charge is -2.44. The standard InChI is InChI=1S/C36H38F4N6O2/c1-23(2)31-19-43(3)12-13-44(31)17-24-14-28-29(30(15-24)36(38,39)40)18-45(34(28)47)27-11-7-8-25(16-27)35(20-48-21-35)32(37)33-42-41-22-46(33)26-9-5-4-6-10-26/h4-11,14-16,22-23,31-32H,12-13,17-21H2,1-3H3/t31?,32-/m0/s1. The van der Waals surface area contributed by atoms with Gasteiger partial charge in [-0.3, -0.25) is 14.3 Å². The third kappa shape index (κ3) is 5.69. The van der Waals surface area contributed by atoms with Gasteiger partial charge in [0, 0.05) is 49.2 Å². The van der Waals surface area contributed by atoms with Crippen molar-refractivity contribution in [3.05, 3.63) is 107 Å². The summed E-state index contributed by atoms with van der Waals surface area (Å²) in [4.78, 5) is 19.7. The number of piperazine rings is 1. The Morgan fingerprint density at radius 3 is 2.44 bits per heavy atom. The van der Waals surface area contributed by atoms with Crippen molar-refractivity contribution in [2.75, 3.05) is 44.8 Å². The highest BCUT2D eigenvalue weighted by atomic mass is 19.4. The van der Waals surface area contributed by atoms with Gasteiger partial charge in [0.05, 0.1) is 30.7 Å². The fraction of sp³-hybridized carbons (Fsp3) is 0.417. The highest BCUT2D eigenvalue weighted by molar-refractivity contribution is 6.10. The summed E-state index contributed by atoms with van der Waals surface area (Å²) in [5.74, 6) is -0.0774. The first-order chi connectivity index (χ1) is 23.0. The molecule has 252 valence electrons. The van der Waals surface area contributed by atoms with Gasteiger partial charge in [-0.1, -0.05) is 44.2 Å². The number of likely N-dealkylation sites (N-methyl/N-ethyl adjacent to an activating group) is 1. The predicted molar refractivity (Wildman–Crippen MR) is 173 cm³/mol. The van der Waals surface area contributed by atoms with Crippen molar-refractivity contribution in [3.8, 4) is 5.69 Å². The Kier molecular flexibility index (Phi) is 8.37. The zero-order valence-corrected chi connectivity index (χ0v) is 27.1. The summed E-state index contributed by atoms with van der Waals surface area (Å²) >= 11 is 0. The number of hydrogen-bond donors (Lipinski definition) is 0. The number of para-hydroxylation sites is 1. The van der Waals surface area contributed by atoms with E-state index in [1.807, 2.05) is 30.3 Å². The molecule has 48 heavy (non-hydrogen) atoms. The number of carbonyl (C=O) groups is 1. The second kappa shape index (κ2) is 12.4. The summed E-state index contributed by atoms with van der Waals surface area (Å²) in [6.45, 7) is 6.84. The van der Waals surface area contributed by atoms with Gasteiger partial charge in [0.25, 0.3) is 5.91 Å². The number of alkyl halides is 4. The molecule has 2 atom stereocenters. The average molecular weight is 663 g/mol. The molecule has 4 heterocycles. The Morgan fingerprint density at radius 2 is 1.75 bits per heavy atom. The normalized spacial score (nSPS) is 20.6. The van der Waals surface area contributed by atoms with E-state index in [1.165, 1.54) is 17.3 Å². The molecule has 1 amide bonds. The van der Waals surface area contributed by atoms with Gasteiger partial charge in [-0.2, -0.15) is 13.2 Å². The largest absolute Gasteiger partial charge is 0.416 e. The molecule has 3 aliphatic rings. The maximum Gasteiger partial charge on any atom is 0.416 e. The predicted octanol–water partition coefficient (Wildman–Crippen LogP) is 6.20. The van der Waals surface area contributed by atoms with Gasteiger partial charge < -0.3 is 14.5 Å². The number of hydrogen-bond acceptors (Lipinski definition) is 6. The summed E-state index contributed by atoms with van der Waals surface area (Å²) < 4.78 is 67.4. The zero-order valence-electron chi connectivity index (χ0n) is 27.1. The van der Waals surface area contributed by atoms with Crippen LogP contribution in [0.25, 0.3) is 5.69 Å². The fourth-order valence-electron chi connectivity index (χ4n) is 7.29. The average Bonchev–Trinajstić information content (AvgIpc) is 3.66. The quantitative estimate of drug-likeness (QED) is 0.210. The van der Waals surface area contributed by atoms with E-state index in [1.54, 1.807) is 34.9 Å². The zero-order chi connectivity index (χ0) is 33.8. The third-order valence-corrected chi connectivity index (χ3v) is 10.1. The number of amides is 1. The third-order valence-electron chi connectivity index (χ3n) is 10.1. The minimum absolute atomic E-state index is 0.0403. The molecule has 0 aliphatic carbocycles. The molecule has 0 bridgehead atoms. The molecule has 3 aromatic carbocycles. The Morgan fingerprint density at radius 1 is 1.00 bits per heavy atom. The van der Waals surface area contributed by atoms with Crippen LogP contribution in [0.3, 0.4) is 0 Å². The van der Waals surface area contributed by atoms with Crippen molar-refractivity contribution in [2.24, 2.45) is 5.92 Å². The molecular formula is C36H38F4N6O2. The molecule has 12 heteroatoms. The highest BCUT2D eigenvalue weighted by Gasteiger charge is 2.51. The van der Waals surface area contributed by atoms with Crippen molar-refractivity contribution in [3.63, 3.8) is 0 Å². The maximum absolute atomic E-state index is 16.6. The van der Waals surface area contributed by atoms with Crippen LogP contribution in [0, 0.1) is 5.92 Å². The number of fused-ring (bicyclic) bond motifs is 1. The van der Waals surface area contributed by atoms with E-state index >= 15 is 4.39 Å². The Labute approximate surface area is 276 Å². The van der Waals surface area contributed by atoms with Crippen LogP contribution in [-0.4, -0.2) is 76.4 Å². The number of carbonyl (C=O) groups excluding carboxylic acids is 1. The van der Waals surface area contributed by atoms with E-state index in [9.17, 15) is 18.0 Å². The van der Waals surface area contributed by atoms with E-state index in [-0.39, 0.29) is 42.8 Å². The topological polar surface area (TPSA) is 66.7 Å². The van der Waals surface area contributed by atoms with Crippen molar-refractivity contribution < 1.29 is 27.1 Å². The maximum atomic E-state index is 16.6. The molecule has 2 saturated heterocycles. The second-order valence-corrected chi connectivity index (χ2v) is 13.6. The highest BCUT2D eigenvalue weighted by Crippen LogP contribution is 2.47. The van der Waals surface area contributed by atoms with Crippen LogP contribution in [0.2, 0.25) is 0 Å². The summed E-state index contributed by atoms with van der Waals surface area (Å²) in [5.41, 5.74) is 0.242. The molecule has 1 aromatic heterocycles. The minimum atomic E-state index is -4.64. The van der Waals surface area contributed by atoms with Gasteiger partial charge in [0.1, 0.15) is 6.33 Å². The van der Waals surface area contributed by atoms with E-state index in [0.717, 1.165) is 19.6 Å². The van der Waals surface area contributed by atoms with E-state index in [4.69, 9.17) is 4.74 Å². The first-order valence-electron chi connectivity index (χ1n) is 16.2. The van der Waals surface area contributed by atoms with Crippen LogP contribution in [0.15, 0.2) is 73.1 Å². The van der Waals surface area contributed by atoms with Crippen LogP contribution in [0.4, 0.5) is 23.2 Å². The van der Waals surface area contributed by atoms with E-state index in [0.29, 0.717) is 35.0 Å². The summed E-state index contributed by atoms with van der Waals surface area (Å²) in [6.07, 6.45) is -4.79. The molecule has 2 fully saturated rings. The second-order valence-electron chi connectivity index (χ2n) is 13.6. The van der Waals surface area contributed by atoms with Crippen LogP contribution in [-0.2, 0) is 29.4 Å². The van der Waals surface area contributed by atoms with Crippen molar-refractivity contribution >= 4 is 11.6 Å². The molecule has 3 aliphatic heterocycles. The fourth-order valence-corrected chi connectivity index (χ4v) is 7.29. The SMILES string of the molecule is CC(C)C1CN(C)CCN1Cc1cc2c(c(C(F)(F)F)c1)CN(c1cccc(C3([C@@H](F)c4nncn4-c4ccccc4)COC3)c1)C2=O. The first-order valence-corrected chi connectivity index (χ1v) is 16.2. The summed E-state index contributed by atoms with van der Waals surface area (Å²) in [5, 5.41) is 8.08. The lowest BCUT2D eigenvalue weighted by molar-refractivity contribution is -0.138. The monoisotopic (exact) mass is 662 g/mol. The molecule has 8 nitrogen and oxygen atoms in total. The molecule has 1 unspecified atom stereocenters. The van der Waals surface area contributed by atoms with E-state index < -0.39 is 29.2 Å². The van der Waals surface area contributed by atoms with Gasteiger partial charge in [-0.15, -0.1) is 10.2 Å². The van der Waals surface area contributed by atoms with Gasteiger partial charge in [-0.05, 0) is 66.1 Å². The summed E-state index contributed by atoms with van der Waals surface area (Å²) in [6, 6.07) is 19.0. The lowest BCUT2D eigenvalue weighted by Crippen LogP contribution is -2.53. The molecular weight excluding hydrogens is 624 g/mol. The van der Waals surface area contributed by atoms with Gasteiger partial charge in [0.2, 0.25) is 0 Å². The molecule has 4 aromatic rings. The smallest absolute Gasteiger partial charge is 0.379 e. The van der Waals surface area contributed by atoms with Crippen LogP contribution < -0.4 is 4.90 Å². The first kappa shape index (κ1) is 32.4. The molecule has 7 rings (SSSR count). The van der Waals surface area contributed by atoms with E-state index in [2.05, 4.69) is 40.9 Å². The number of benzene rings is 3. The van der Waals surface area contributed by atoms with Gasteiger partial charge >= 0.3 is 6.18 Å². The van der Waals surface area contributed by atoms with Crippen molar-refractivity contribution in [1.82, 2.24) is 24.6 Å².